The van der Waals surface area contributed by atoms with Crippen LogP contribution in [0.15, 0.2) is 36.4 Å². The molecule has 1 aliphatic heterocycles. The molecular formula is C16H13ClF2N2O4S. The highest BCUT2D eigenvalue weighted by molar-refractivity contribution is 7.92. The number of carbonyl (C=O) groups excluding carboxylic acids is 1. The van der Waals surface area contributed by atoms with Crippen molar-refractivity contribution >= 4 is 38.9 Å². The number of rotatable bonds is 3. The molecule has 1 amide bonds. The molecule has 0 saturated heterocycles. The summed E-state index contributed by atoms with van der Waals surface area (Å²) in [6, 6.07) is 7.41. The number of amides is 1. The zero-order chi connectivity index (χ0) is 19.1. The van der Waals surface area contributed by atoms with Crippen LogP contribution in [0.2, 0.25) is 5.02 Å². The van der Waals surface area contributed by atoms with E-state index in [-0.39, 0.29) is 23.0 Å². The Hall–Kier alpha value is -2.39. The van der Waals surface area contributed by atoms with Crippen LogP contribution in [0.5, 0.6) is 5.75 Å². The third-order valence-electron chi connectivity index (χ3n) is 3.69. The van der Waals surface area contributed by atoms with Crippen LogP contribution in [-0.4, -0.2) is 33.2 Å². The molecule has 2 aromatic carbocycles. The summed E-state index contributed by atoms with van der Waals surface area (Å²) in [5, 5.41) is 2.39. The molecule has 1 heterocycles. The lowest BCUT2D eigenvalue weighted by atomic mass is 10.2. The predicted molar refractivity (Wildman–Crippen MR) is 93.0 cm³/mol. The van der Waals surface area contributed by atoms with E-state index in [9.17, 15) is 22.0 Å². The summed E-state index contributed by atoms with van der Waals surface area (Å²) in [5.74, 6) is -2.69. The summed E-state index contributed by atoms with van der Waals surface area (Å²) in [6.45, 7) is -0.367. The first-order valence-corrected chi connectivity index (χ1v) is 9.58. The van der Waals surface area contributed by atoms with Gasteiger partial charge in [-0.2, -0.15) is 0 Å². The number of para-hydroxylation sites is 1. The van der Waals surface area contributed by atoms with Gasteiger partial charge in [0.25, 0.3) is 5.91 Å². The Morgan fingerprint density at radius 3 is 2.54 bits per heavy atom. The van der Waals surface area contributed by atoms with Crippen LogP contribution in [0, 0.1) is 11.6 Å². The summed E-state index contributed by atoms with van der Waals surface area (Å²) >= 11 is 5.89. The predicted octanol–water partition coefficient (Wildman–Crippen LogP) is 2.78. The van der Waals surface area contributed by atoms with Crippen molar-refractivity contribution in [3.63, 3.8) is 0 Å². The van der Waals surface area contributed by atoms with Crippen molar-refractivity contribution in [2.24, 2.45) is 0 Å². The molecule has 0 radical (unpaired) electrons. The Morgan fingerprint density at radius 2 is 1.92 bits per heavy atom. The highest BCUT2D eigenvalue weighted by Gasteiger charge is 2.35. The summed E-state index contributed by atoms with van der Waals surface area (Å²) in [7, 11) is -3.75. The zero-order valence-corrected chi connectivity index (χ0v) is 14.9. The topological polar surface area (TPSA) is 75.7 Å². The first-order valence-electron chi connectivity index (χ1n) is 7.35. The van der Waals surface area contributed by atoms with Crippen LogP contribution < -0.4 is 14.4 Å². The monoisotopic (exact) mass is 402 g/mol. The number of fused-ring (bicyclic) bond motifs is 1. The van der Waals surface area contributed by atoms with E-state index in [0.29, 0.717) is 0 Å². The van der Waals surface area contributed by atoms with E-state index in [1.807, 2.05) is 0 Å². The van der Waals surface area contributed by atoms with Gasteiger partial charge < -0.3 is 10.1 Å². The maximum Gasteiger partial charge on any atom is 0.267 e. The van der Waals surface area contributed by atoms with Crippen molar-refractivity contribution in [1.82, 2.24) is 0 Å². The maximum absolute atomic E-state index is 13.7. The van der Waals surface area contributed by atoms with Gasteiger partial charge in [0.2, 0.25) is 10.0 Å². The molecule has 1 atom stereocenters. The van der Waals surface area contributed by atoms with E-state index in [0.717, 1.165) is 28.8 Å². The summed E-state index contributed by atoms with van der Waals surface area (Å²) < 4.78 is 58.0. The van der Waals surface area contributed by atoms with Gasteiger partial charge in [0, 0.05) is 5.02 Å². The number of halogens is 3. The lowest BCUT2D eigenvalue weighted by Crippen LogP contribution is -2.48. The zero-order valence-electron chi connectivity index (χ0n) is 13.4. The number of ether oxygens (including phenoxy) is 1. The molecule has 0 unspecified atom stereocenters. The molecular weight excluding hydrogens is 390 g/mol. The number of nitrogens with zero attached hydrogens (tertiary/aromatic N) is 1. The number of carbonyl (C=O) groups is 1. The van der Waals surface area contributed by atoms with E-state index >= 15 is 0 Å². The SMILES string of the molecule is CS(=O)(=O)N1C[C@H](C(=O)Nc2c(F)cccc2F)Oc2ccc(Cl)cc21. The van der Waals surface area contributed by atoms with Gasteiger partial charge in [0.15, 0.2) is 6.10 Å². The molecule has 26 heavy (non-hydrogen) atoms. The van der Waals surface area contributed by atoms with Gasteiger partial charge in [-0.05, 0) is 30.3 Å². The Balaban J connectivity index is 1.92. The number of benzene rings is 2. The highest BCUT2D eigenvalue weighted by Crippen LogP contribution is 2.37. The molecule has 1 aliphatic rings. The van der Waals surface area contributed by atoms with Crippen molar-refractivity contribution in [2.45, 2.75) is 6.10 Å². The van der Waals surface area contributed by atoms with Crippen LogP contribution in [-0.2, 0) is 14.8 Å². The average Bonchev–Trinajstić information content (AvgIpc) is 2.56. The minimum atomic E-state index is -3.75. The third kappa shape index (κ3) is 3.58. The van der Waals surface area contributed by atoms with E-state index in [1.54, 1.807) is 0 Å². The highest BCUT2D eigenvalue weighted by atomic mass is 35.5. The van der Waals surface area contributed by atoms with E-state index < -0.39 is 39.4 Å². The molecule has 0 saturated carbocycles. The van der Waals surface area contributed by atoms with Crippen LogP contribution in [0.1, 0.15) is 0 Å². The van der Waals surface area contributed by atoms with Gasteiger partial charge in [0.1, 0.15) is 23.1 Å². The number of hydrogen-bond donors (Lipinski definition) is 1. The molecule has 1 N–H and O–H groups in total. The fourth-order valence-electron chi connectivity index (χ4n) is 2.50. The lowest BCUT2D eigenvalue weighted by molar-refractivity contribution is -0.122. The van der Waals surface area contributed by atoms with Crippen molar-refractivity contribution < 1.29 is 26.7 Å². The van der Waals surface area contributed by atoms with Crippen LogP contribution in [0.25, 0.3) is 0 Å². The summed E-state index contributed by atoms with van der Waals surface area (Å²) in [4.78, 5) is 12.4. The summed E-state index contributed by atoms with van der Waals surface area (Å²) in [6.07, 6.45) is -0.341. The van der Waals surface area contributed by atoms with Crippen molar-refractivity contribution in [3.8, 4) is 5.75 Å². The number of sulfonamides is 1. The minimum absolute atomic E-state index is 0.111. The van der Waals surface area contributed by atoms with Crippen molar-refractivity contribution in [3.05, 3.63) is 53.1 Å². The van der Waals surface area contributed by atoms with Gasteiger partial charge in [-0.15, -0.1) is 0 Å². The molecule has 10 heteroatoms. The van der Waals surface area contributed by atoms with Gasteiger partial charge in [-0.25, -0.2) is 17.2 Å². The number of anilines is 2. The first kappa shape index (κ1) is 18.4. The number of hydrogen-bond acceptors (Lipinski definition) is 4. The fourth-order valence-corrected chi connectivity index (χ4v) is 3.57. The lowest BCUT2D eigenvalue weighted by Gasteiger charge is -2.34. The van der Waals surface area contributed by atoms with E-state index in [1.165, 1.54) is 18.2 Å². The van der Waals surface area contributed by atoms with Gasteiger partial charge in [-0.1, -0.05) is 17.7 Å². The van der Waals surface area contributed by atoms with Gasteiger partial charge in [-0.3, -0.25) is 9.10 Å². The average molecular weight is 403 g/mol. The van der Waals surface area contributed by atoms with Crippen LogP contribution in [0.3, 0.4) is 0 Å². The second kappa shape index (κ2) is 6.73. The molecule has 3 rings (SSSR count). The molecule has 0 aromatic heterocycles. The standard InChI is InChI=1S/C16H13ClF2N2O4S/c1-26(23,24)21-8-14(25-13-6-5-9(17)7-12(13)21)16(22)20-15-10(18)3-2-4-11(15)19/h2-7,14H,8H2,1H3,(H,20,22)/t14-/m1/s1. The largest absolute Gasteiger partial charge is 0.476 e. The molecule has 2 aromatic rings. The molecule has 6 nitrogen and oxygen atoms in total. The molecule has 0 bridgehead atoms. The Bertz CT molecular complexity index is 964. The third-order valence-corrected chi connectivity index (χ3v) is 5.08. The Morgan fingerprint density at radius 1 is 1.27 bits per heavy atom. The fraction of sp³-hybridized carbons (Fsp3) is 0.188. The second-order valence-corrected chi connectivity index (χ2v) is 7.94. The molecule has 0 fully saturated rings. The number of nitrogens with one attached hydrogen (secondary N) is 1. The first-order chi connectivity index (χ1) is 12.2. The van der Waals surface area contributed by atoms with Crippen molar-refractivity contribution in [1.29, 1.82) is 0 Å². The normalized spacial score (nSPS) is 16.6. The molecule has 138 valence electrons. The molecule has 0 aliphatic carbocycles. The van der Waals surface area contributed by atoms with Crippen LogP contribution >= 0.6 is 11.6 Å². The Labute approximate surface area is 153 Å². The summed E-state index contributed by atoms with van der Waals surface area (Å²) in [5.41, 5.74) is -0.449. The smallest absolute Gasteiger partial charge is 0.267 e. The Kier molecular flexibility index (Phi) is 4.76. The van der Waals surface area contributed by atoms with E-state index in [4.69, 9.17) is 16.3 Å². The van der Waals surface area contributed by atoms with Gasteiger partial charge >= 0.3 is 0 Å². The maximum atomic E-state index is 13.7. The molecule has 0 spiro atoms. The minimum Gasteiger partial charge on any atom is -0.476 e. The second-order valence-electron chi connectivity index (χ2n) is 5.60. The van der Waals surface area contributed by atoms with Crippen molar-refractivity contribution in [2.75, 3.05) is 22.4 Å². The van der Waals surface area contributed by atoms with E-state index in [2.05, 4.69) is 5.32 Å². The van der Waals surface area contributed by atoms with Gasteiger partial charge in [0.05, 0.1) is 18.5 Å². The quantitative estimate of drug-likeness (QED) is 0.856. The van der Waals surface area contributed by atoms with Crippen LogP contribution in [0.4, 0.5) is 20.2 Å².